The van der Waals surface area contributed by atoms with Crippen molar-refractivity contribution in [3.8, 4) is 0 Å². The largest absolute Gasteiger partial charge is 0.443 e. The molecule has 2 N–H and O–H groups in total. The first-order valence-electron chi connectivity index (χ1n) is 15.3. The number of imidazole rings is 2. The lowest BCUT2D eigenvalue weighted by molar-refractivity contribution is -0.157. The van der Waals surface area contributed by atoms with Crippen molar-refractivity contribution in [3.63, 3.8) is 0 Å². The number of aromatic amines is 1. The van der Waals surface area contributed by atoms with Gasteiger partial charge >= 0.3 is 19.5 Å². The number of nitrogens with zero attached hydrogens (tertiary/aromatic N) is 7. The average molecular weight is 811 g/mol. The summed E-state index contributed by atoms with van der Waals surface area (Å²) in [5.41, 5.74) is -2.58. The Morgan fingerprint density at radius 1 is 0.981 bits per heavy atom. The fraction of sp³-hybridized carbons (Fsp3) is 0.577. The third-order valence-corrected chi connectivity index (χ3v) is 11.4. The smallest absolute Gasteiger partial charge is 0.386 e. The van der Waals surface area contributed by atoms with Gasteiger partial charge in [0.25, 0.3) is 11.1 Å². The van der Waals surface area contributed by atoms with Crippen LogP contribution in [0, 0.1) is 5.41 Å². The minimum atomic E-state index is -4.50. The molecule has 3 aliphatic heterocycles. The predicted molar refractivity (Wildman–Crippen MR) is 178 cm³/mol. The number of alkyl halides is 2. The number of fused-ring (bicyclic) bond motifs is 4. The van der Waals surface area contributed by atoms with Crippen molar-refractivity contribution in [2.24, 2.45) is 5.41 Å². The molecule has 20 nitrogen and oxygen atoms in total. The molecule has 3 unspecified atom stereocenters. The second-order valence-corrected chi connectivity index (χ2v) is 18.6. The lowest BCUT2D eigenvalue weighted by Crippen LogP contribution is -2.37. The topological polar surface area (TPSA) is 235 Å². The van der Waals surface area contributed by atoms with Gasteiger partial charge in [0.2, 0.25) is 0 Å². The molecule has 4 aromatic heterocycles. The number of carbonyl (C=O) groups is 1. The zero-order valence-corrected chi connectivity index (χ0v) is 30.6. The molecule has 0 amide bonds. The van der Waals surface area contributed by atoms with E-state index in [0.29, 0.717) is 0 Å². The van der Waals surface area contributed by atoms with Gasteiger partial charge in [-0.1, -0.05) is 12.2 Å². The summed E-state index contributed by atoms with van der Waals surface area (Å²) in [4.78, 5) is 67.0. The van der Waals surface area contributed by atoms with Gasteiger partial charge in [0, 0.05) is 0 Å². The van der Waals surface area contributed by atoms with Crippen molar-refractivity contribution >= 4 is 65.9 Å². The summed E-state index contributed by atoms with van der Waals surface area (Å²) in [7, 11) is 0. The molecule has 0 bridgehead atoms. The number of halogens is 2. The Morgan fingerprint density at radius 3 is 2.19 bits per heavy atom. The van der Waals surface area contributed by atoms with E-state index in [-0.39, 0.29) is 22.3 Å². The van der Waals surface area contributed by atoms with E-state index in [4.69, 9.17) is 44.1 Å². The molecule has 0 saturated carbocycles. The molecule has 0 radical (unpaired) electrons. The van der Waals surface area contributed by atoms with Gasteiger partial charge in [-0.2, -0.15) is 0 Å². The maximum Gasteiger partial charge on any atom is 0.386 e. The first-order valence-corrected chi connectivity index (χ1v) is 20.6. The third kappa shape index (κ3) is 7.02. The van der Waals surface area contributed by atoms with Gasteiger partial charge in [0.1, 0.15) is 30.7 Å². The summed E-state index contributed by atoms with van der Waals surface area (Å²) < 4.78 is 87.8. The third-order valence-electron chi connectivity index (χ3n) is 8.26. The van der Waals surface area contributed by atoms with E-state index in [1.165, 1.54) is 0 Å². The van der Waals surface area contributed by atoms with Crippen LogP contribution in [0.25, 0.3) is 22.3 Å². The first kappa shape index (κ1) is 37.3. The van der Waals surface area contributed by atoms with E-state index >= 15 is 8.78 Å². The first-order chi connectivity index (χ1) is 24.4. The lowest BCUT2D eigenvalue weighted by atomic mass is 9.98. The van der Waals surface area contributed by atoms with Crippen LogP contribution in [0.15, 0.2) is 34.9 Å². The van der Waals surface area contributed by atoms with Gasteiger partial charge in [-0.15, -0.1) is 0 Å². The quantitative estimate of drug-likeness (QED) is 0.151. The summed E-state index contributed by atoms with van der Waals surface area (Å²) in [6.45, 7) is -5.81. The van der Waals surface area contributed by atoms with Crippen LogP contribution >= 0.6 is 25.8 Å². The number of ether oxygens (including phenoxy) is 3. The van der Waals surface area contributed by atoms with E-state index < -0.39 is 105 Å². The fourth-order valence-electron chi connectivity index (χ4n) is 5.68. The number of esters is 1. The molecule has 3 aliphatic rings. The summed E-state index contributed by atoms with van der Waals surface area (Å²) >= 11 is 9.14. The van der Waals surface area contributed by atoms with Gasteiger partial charge in [0.05, 0.1) is 37.6 Å². The minimum Gasteiger partial charge on any atom is -0.443 e. The molecule has 0 spiro atoms. The van der Waals surface area contributed by atoms with Crippen LogP contribution in [0.5, 0.6) is 0 Å². The van der Waals surface area contributed by atoms with Gasteiger partial charge in [-0.25, -0.2) is 33.3 Å². The van der Waals surface area contributed by atoms with Crippen molar-refractivity contribution in [2.75, 3.05) is 13.2 Å². The zero-order valence-electron chi connectivity index (χ0n) is 27.1. The Balaban J connectivity index is 1.12. The Morgan fingerprint density at radius 2 is 1.56 bits per heavy atom. The van der Waals surface area contributed by atoms with Crippen LogP contribution in [0.1, 0.15) is 33.2 Å². The van der Waals surface area contributed by atoms with Crippen molar-refractivity contribution in [3.05, 3.63) is 46.0 Å². The van der Waals surface area contributed by atoms with Crippen LogP contribution in [0.2, 0.25) is 0 Å². The van der Waals surface area contributed by atoms with Gasteiger partial charge in [-0.05, 0) is 32.6 Å². The van der Waals surface area contributed by atoms with Crippen LogP contribution < -0.4 is 11.1 Å². The number of aromatic nitrogens is 8. The molecular weight excluding hydrogens is 780 g/mol. The van der Waals surface area contributed by atoms with Crippen LogP contribution in [-0.2, 0) is 60.2 Å². The molecule has 4 aromatic rings. The highest BCUT2D eigenvalue weighted by Gasteiger charge is 2.54. The minimum absolute atomic E-state index is 0.0285. The van der Waals surface area contributed by atoms with Gasteiger partial charge < -0.3 is 28.6 Å². The van der Waals surface area contributed by atoms with Gasteiger partial charge in [0.15, 0.2) is 53.9 Å². The second-order valence-electron chi connectivity index (χ2n) is 12.9. The molecular formula is C26H30F2N8O12P2S2. The summed E-state index contributed by atoms with van der Waals surface area (Å²) in [5, 5.41) is 0. The van der Waals surface area contributed by atoms with E-state index in [1.807, 2.05) is 0 Å². The average Bonchev–Trinajstić information content (AvgIpc) is 3.83. The highest BCUT2D eigenvalue weighted by molar-refractivity contribution is 8.44. The molecule has 26 heteroatoms. The molecule has 52 heavy (non-hydrogen) atoms. The molecule has 0 aromatic carbocycles. The molecule has 3 saturated heterocycles. The Labute approximate surface area is 300 Å². The monoisotopic (exact) mass is 810 g/mol. The van der Waals surface area contributed by atoms with E-state index in [2.05, 4.69) is 37.2 Å². The Bertz CT molecular complexity index is 2250. The number of carbonyl (C=O) groups excluding carboxylic acids is 1. The molecule has 10 atom stereocenters. The van der Waals surface area contributed by atoms with Gasteiger partial charge in [-0.3, -0.25) is 41.7 Å². The van der Waals surface area contributed by atoms with Crippen molar-refractivity contribution in [1.82, 2.24) is 38.6 Å². The zero-order chi connectivity index (χ0) is 37.3. The van der Waals surface area contributed by atoms with Crippen molar-refractivity contribution in [1.29, 1.82) is 0 Å². The summed E-state index contributed by atoms with van der Waals surface area (Å²) in [6, 6.07) is 0. The van der Waals surface area contributed by atoms with Crippen LogP contribution in [0.4, 0.5) is 8.78 Å². The number of hydrogen-bond donors (Lipinski definition) is 3. The summed E-state index contributed by atoms with van der Waals surface area (Å²) in [5.74, 6) is -0.562. The maximum absolute atomic E-state index is 16.3. The normalized spacial score (nSPS) is 34.4. The highest BCUT2D eigenvalue weighted by atomic mass is 32.7. The lowest BCUT2D eigenvalue weighted by Gasteiger charge is -2.29. The van der Waals surface area contributed by atoms with E-state index in [1.54, 1.807) is 20.8 Å². The van der Waals surface area contributed by atoms with Crippen LogP contribution in [-0.4, -0.2) is 99.5 Å². The Kier molecular flexibility index (Phi) is 9.81. The number of nitrogens with one attached hydrogen (secondary N) is 1. The molecule has 282 valence electrons. The maximum atomic E-state index is 16.3. The number of hydrogen-bond acceptors (Lipinski definition) is 16. The Hall–Kier alpha value is -3.02. The number of rotatable bonds is 4. The van der Waals surface area contributed by atoms with Crippen molar-refractivity contribution in [2.45, 2.75) is 76.7 Å². The predicted octanol–water partition coefficient (Wildman–Crippen LogP) is 1.82. The van der Waals surface area contributed by atoms with E-state index in [9.17, 15) is 23.8 Å². The molecule has 0 aliphatic carbocycles. The molecule has 7 rings (SSSR count). The second kappa shape index (κ2) is 13.7. The SMILES string of the molecule is CC(C)(C)C(=O)OCn1cnc2c(ncn2C2O[C@@H]3COP(O)(=S)O[C@H]4[C@@H](F)[C@H](n5cnc6c(=O)[nH]cnc65)O[C@@H]4COP(=O)(S)O[C@H]3[C@H]2F)c1=O. The fourth-order valence-corrected chi connectivity index (χ4v) is 8.60. The van der Waals surface area contributed by atoms with Crippen molar-refractivity contribution < 1.29 is 55.3 Å². The number of thiol groups is 1. The summed E-state index contributed by atoms with van der Waals surface area (Å²) in [6.07, 6.45) is -9.32. The molecule has 3 fully saturated rings. The van der Waals surface area contributed by atoms with Crippen LogP contribution in [0.3, 0.4) is 0 Å². The number of H-pyrrole nitrogens is 1. The van der Waals surface area contributed by atoms with E-state index in [0.717, 1.165) is 39.0 Å². The standard InChI is InChI=1S/C26H30F2N8O12P2S2/c1-26(2,3)25(39)42-10-34-7-33-20-16(22(34)38)32-9-36(20)24-14(28)18-12(46-24)5-44-49(40,51)47-17-11(4-43-50(41,52)48-18)45-23(13(17)27)35-8-31-15-19(35)29-6-30-21(15)37/h6-9,11-14,17-18,23-24H,4-5,10H2,1-3H3,(H,40,51)(H,41,52)(H,29,30,37)/t11-,12-,13-,14-,17-,18-,23-,24?,49?,50?/m1/s1. The highest BCUT2D eigenvalue weighted by Crippen LogP contribution is 2.58. The molecule has 7 heterocycles.